The number of amides is 2. The highest BCUT2D eigenvalue weighted by molar-refractivity contribution is 5.81. The number of hydrogen-bond acceptors (Lipinski definition) is 4. The molecule has 94 valence electrons. The van der Waals surface area contributed by atoms with Gasteiger partial charge in [-0.25, -0.2) is 4.79 Å². The fourth-order valence-electron chi connectivity index (χ4n) is 1.02. The van der Waals surface area contributed by atoms with Crippen LogP contribution in [0.25, 0.3) is 0 Å². The zero-order chi connectivity index (χ0) is 12.8. The molecular weight excluding hydrogens is 210 g/mol. The van der Waals surface area contributed by atoms with Crippen LogP contribution in [0.4, 0.5) is 4.79 Å². The zero-order valence-corrected chi connectivity index (χ0v) is 10.3. The number of primary amides is 1. The second-order valence-electron chi connectivity index (χ2n) is 4.40. The van der Waals surface area contributed by atoms with E-state index in [0.29, 0.717) is 6.54 Å². The minimum atomic E-state index is -0.572. The van der Waals surface area contributed by atoms with Crippen molar-refractivity contribution in [2.75, 3.05) is 13.1 Å². The lowest BCUT2D eigenvalue weighted by molar-refractivity contribution is -0.119. The Morgan fingerprint density at radius 3 is 2.31 bits per heavy atom. The molecule has 0 aromatic carbocycles. The van der Waals surface area contributed by atoms with E-state index in [1.54, 1.807) is 20.8 Å². The summed E-state index contributed by atoms with van der Waals surface area (Å²) < 4.78 is 5.02. The van der Waals surface area contributed by atoms with E-state index in [4.69, 9.17) is 10.5 Å². The number of nitrogens with two attached hydrogens (primary N) is 1. The highest BCUT2D eigenvalue weighted by Crippen LogP contribution is 2.06. The van der Waals surface area contributed by atoms with E-state index in [0.717, 1.165) is 0 Å². The van der Waals surface area contributed by atoms with E-state index in [1.165, 1.54) is 0 Å². The predicted molar refractivity (Wildman–Crippen MR) is 60.9 cm³/mol. The van der Waals surface area contributed by atoms with Crippen molar-refractivity contribution in [3.63, 3.8) is 0 Å². The van der Waals surface area contributed by atoms with E-state index in [-0.39, 0.29) is 6.54 Å². The van der Waals surface area contributed by atoms with Gasteiger partial charge < -0.3 is 21.1 Å². The van der Waals surface area contributed by atoms with Crippen molar-refractivity contribution in [1.82, 2.24) is 10.6 Å². The number of alkyl carbamates (subject to hydrolysis) is 1. The summed E-state index contributed by atoms with van der Waals surface area (Å²) in [6.45, 7) is 7.87. The van der Waals surface area contributed by atoms with Crippen molar-refractivity contribution in [2.24, 2.45) is 5.73 Å². The van der Waals surface area contributed by atoms with Gasteiger partial charge in [-0.15, -0.1) is 0 Å². The molecule has 0 radical (unpaired) electrons. The molecule has 16 heavy (non-hydrogen) atoms. The topological polar surface area (TPSA) is 93.4 Å². The maximum atomic E-state index is 11.3. The van der Waals surface area contributed by atoms with Crippen LogP contribution in [0.1, 0.15) is 27.7 Å². The lowest BCUT2D eigenvalue weighted by atomic mass is 10.2. The third kappa shape index (κ3) is 7.05. The monoisotopic (exact) mass is 231 g/mol. The second kappa shape index (κ2) is 6.32. The summed E-state index contributed by atoms with van der Waals surface area (Å²) in [5, 5.41) is 5.34. The first-order chi connectivity index (χ1) is 7.26. The Bertz CT molecular complexity index is 248. The highest BCUT2D eigenvalue weighted by Gasteiger charge is 2.19. The van der Waals surface area contributed by atoms with Gasteiger partial charge in [-0.3, -0.25) is 4.79 Å². The van der Waals surface area contributed by atoms with Gasteiger partial charge in [0.05, 0.1) is 0 Å². The van der Waals surface area contributed by atoms with Gasteiger partial charge in [-0.2, -0.15) is 0 Å². The number of nitrogens with one attached hydrogen (secondary N) is 2. The number of ether oxygens (including phenoxy) is 1. The molecule has 0 heterocycles. The van der Waals surface area contributed by atoms with Crippen molar-refractivity contribution in [2.45, 2.75) is 39.3 Å². The molecule has 6 heteroatoms. The number of rotatable bonds is 5. The number of likely N-dealkylation sites (N-methyl/N-ethyl adjacent to an activating group) is 1. The Balaban J connectivity index is 4.01. The van der Waals surface area contributed by atoms with Gasteiger partial charge in [-0.1, -0.05) is 6.92 Å². The number of carbonyl (C=O) groups excluding carboxylic acids is 2. The molecule has 6 nitrogen and oxygen atoms in total. The SMILES string of the molecule is CCNC(CNC(=O)OC(C)(C)C)C(N)=O. The van der Waals surface area contributed by atoms with Gasteiger partial charge in [0.25, 0.3) is 0 Å². The fraction of sp³-hybridized carbons (Fsp3) is 0.800. The van der Waals surface area contributed by atoms with E-state index in [2.05, 4.69) is 10.6 Å². The van der Waals surface area contributed by atoms with Crippen LogP contribution in [-0.4, -0.2) is 36.7 Å². The number of hydrogen-bond donors (Lipinski definition) is 3. The number of carbonyl (C=O) groups is 2. The van der Waals surface area contributed by atoms with Crippen LogP contribution in [0.5, 0.6) is 0 Å². The predicted octanol–water partition coefficient (Wildman–Crippen LogP) is -0.0255. The first-order valence-electron chi connectivity index (χ1n) is 5.25. The van der Waals surface area contributed by atoms with Crippen LogP contribution in [0.3, 0.4) is 0 Å². The molecule has 0 aliphatic heterocycles. The Labute approximate surface area is 95.9 Å². The summed E-state index contributed by atoms with van der Waals surface area (Å²) in [5.74, 6) is -0.502. The lowest BCUT2D eigenvalue weighted by Crippen LogP contribution is -2.49. The van der Waals surface area contributed by atoms with Crippen LogP contribution in [0.2, 0.25) is 0 Å². The Kier molecular flexibility index (Phi) is 5.81. The molecular formula is C10H21N3O3. The lowest BCUT2D eigenvalue weighted by Gasteiger charge is -2.21. The van der Waals surface area contributed by atoms with Gasteiger partial charge in [0.2, 0.25) is 5.91 Å². The molecule has 0 aliphatic carbocycles. The van der Waals surface area contributed by atoms with Crippen molar-refractivity contribution >= 4 is 12.0 Å². The third-order valence-electron chi connectivity index (χ3n) is 1.64. The first kappa shape index (κ1) is 14.7. The molecule has 0 saturated heterocycles. The first-order valence-corrected chi connectivity index (χ1v) is 5.25. The molecule has 0 fully saturated rings. The summed E-state index contributed by atoms with van der Waals surface area (Å²) in [4.78, 5) is 22.2. The summed E-state index contributed by atoms with van der Waals surface area (Å²) in [6.07, 6.45) is -0.559. The molecule has 0 aromatic heterocycles. The van der Waals surface area contributed by atoms with Gasteiger partial charge in [-0.05, 0) is 27.3 Å². The minimum absolute atomic E-state index is 0.123. The van der Waals surface area contributed by atoms with Crippen molar-refractivity contribution in [1.29, 1.82) is 0 Å². The van der Waals surface area contributed by atoms with Crippen LogP contribution < -0.4 is 16.4 Å². The van der Waals surface area contributed by atoms with E-state index >= 15 is 0 Å². The maximum Gasteiger partial charge on any atom is 0.407 e. The van der Waals surface area contributed by atoms with Crippen molar-refractivity contribution in [3.05, 3.63) is 0 Å². The standard InChI is InChI=1S/C10H21N3O3/c1-5-12-7(8(11)14)6-13-9(15)16-10(2,3)4/h7,12H,5-6H2,1-4H3,(H2,11,14)(H,13,15). The molecule has 0 spiro atoms. The Morgan fingerprint density at radius 1 is 1.38 bits per heavy atom. The molecule has 0 saturated carbocycles. The summed E-state index contributed by atoms with van der Waals surface area (Å²) >= 11 is 0. The average molecular weight is 231 g/mol. The molecule has 0 aliphatic rings. The molecule has 1 unspecified atom stereocenters. The van der Waals surface area contributed by atoms with E-state index in [1.807, 2.05) is 6.92 Å². The molecule has 2 amide bonds. The van der Waals surface area contributed by atoms with Crippen LogP contribution in [0, 0.1) is 0 Å². The van der Waals surface area contributed by atoms with Gasteiger partial charge in [0.1, 0.15) is 11.6 Å². The highest BCUT2D eigenvalue weighted by atomic mass is 16.6. The summed E-state index contributed by atoms with van der Waals surface area (Å²) in [6, 6.07) is -0.572. The summed E-state index contributed by atoms with van der Waals surface area (Å²) in [7, 11) is 0. The largest absolute Gasteiger partial charge is 0.444 e. The molecule has 4 N–H and O–H groups in total. The second-order valence-corrected chi connectivity index (χ2v) is 4.40. The molecule has 0 rings (SSSR count). The Morgan fingerprint density at radius 2 is 1.94 bits per heavy atom. The van der Waals surface area contributed by atoms with Gasteiger partial charge in [0, 0.05) is 6.54 Å². The smallest absolute Gasteiger partial charge is 0.407 e. The van der Waals surface area contributed by atoms with Crippen molar-refractivity contribution < 1.29 is 14.3 Å². The van der Waals surface area contributed by atoms with E-state index in [9.17, 15) is 9.59 Å². The van der Waals surface area contributed by atoms with E-state index < -0.39 is 23.6 Å². The third-order valence-corrected chi connectivity index (χ3v) is 1.64. The normalized spacial score (nSPS) is 13.0. The zero-order valence-electron chi connectivity index (χ0n) is 10.3. The van der Waals surface area contributed by atoms with Crippen LogP contribution in [0.15, 0.2) is 0 Å². The summed E-state index contributed by atoms with van der Waals surface area (Å²) in [5.41, 5.74) is 4.59. The Hall–Kier alpha value is -1.30. The molecule has 0 aromatic rings. The molecule has 0 bridgehead atoms. The minimum Gasteiger partial charge on any atom is -0.444 e. The van der Waals surface area contributed by atoms with Crippen LogP contribution >= 0.6 is 0 Å². The van der Waals surface area contributed by atoms with Crippen LogP contribution in [-0.2, 0) is 9.53 Å². The maximum absolute atomic E-state index is 11.3. The molecule has 1 atom stereocenters. The quantitative estimate of drug-likeness (QED) is 0.619. The van der Waals surface area contributed by atoms with Gasteiger partial charge in [0.15, 0.2) is 0 Å². The van der Waals surface area contributed by atoms with Crippen molar-refractivity contribution in [3.8, 4) is 0 Å². The fourth-order valence-corrected chi connectivity index (χ4v) is 1.02. The van der Waals surface area contributed by atoms with Gasteiger partial charge >= 0.3 is 6.09 Å². The average Bonchev–Trinajstić information content (AvgIpc) is 2.08.